The van der Waals surface area contributed by atoms with Crippen molar-refractivity contribution in [1.29, 1.82) is 0 Å². The molecule has 15 heavy (non-hydrogen) atoms. The first-order valence-corrected chi connectivity index (χ1v) is 5.37. The molecule has 1 unspecified atom stereocenters. The lowest BCUT2D eigenvalue weighted by Gasteiger charge is -2.13. The van der Waals surface area contributed by atoms with Crippen LogP contribution >= 0.6 is 0 Å². The Bertz CT molecular complexity index is 326. The zero-order valence-corrected chi connectivity index (χ0v) is 9.11. The molecule has 3 N–H and O–H groups in total. The highest BCUT2D eigenvalue weighted by atomic mass is 15.1. The van der Waals surface area contributed by atoms with Gasteiger partial charge < -0.3 is 16.0 Å². The van der Waals surface area contributed by atoms with E-state index in [1.54, 1.807) is 12.4 Å². The van der Waals surface area contributed by atoms with Crippen LogP contribution in [-0.4, -0.2) is 36.6 Å². The van der Waals surface area contributed by atoms with Crippen LogP contribution in [0.5, 0.6) is 0 Å². The number of nitrogens with one attached hydrogen (secondary N) is 1. The molecule has 0 aliphatic carbocycles. The monoisotopic (exact) mass is 206 g/mol. The van der Waals surface area contributed by atoms with Gasteiger partial charge in [0.2, 0.25) is 0 Å². The number of rotatable bonds is 3. The lowest BCUT2D eigenvalue weighted by Crippen LogP contribution is -2.19. The highest BCUT2D eigenvalue weighted by molar-refractivity contribution is 5.64. The van der Waals surface area contributed by atoms with Gasteiger partial charge in [0.1, 0.15) is 0 Å². The summed E-state index contributed by atoms with van der Waals surface area (Å²) in [6.07, 6.45) is 4.72. The Morgan fingerprint density at radius 3 is 3.20 bits per heavy atom. The summed E-state index contributed by atoms with van der Waals surface area (Å²) in [5.74, 6) is 0.738. The van der Waals surface area contributed by atoms with Crippen LogP contribution in [0.3, 0.4) is 0 Å². The fourth-order valence-corrected chi connectivity index (χ4v) is 2.01. The summed E-state index contributed by atoms with van der Waals surface area (Å²) in [5, 5.41) is 3.38. The van der Waals surface area contributed by atoms with E-state index in [-0.39, 0.29) is 0 Å². The van der Waals surface area contributed by atoms with Gasteiger partial charge in [-0.25, -0.2) is 0 Å². The normalized spacial score (nSPS) is 21.8. The predicted octanol–water partition coefficient (Wildman–Crippen LogP) is 1.03. The fraction of sp³-hybridized carbons (Fsp3) is 0.545. The van der Waals surface area contributed by atoms with Crippen molar-refractivity contribution >= 4 is 11.4 Å². The van der Waals surface area contributed by atoms with Gasteiger partial charge in [0.15, 0.2) is 0 Å². The highest BCUT2D eigenvalue weighted by Crippen LogP contribution is 2.18. The van der Waals surface area contributed by atoms with Gasteiger partial charge in [-0.05, 0) is 32.0 Å². The maximum Gasteiger partial charge on any atom is 0.0736 e. The second-order valence-corrected chi connectivity index (χ2v) is 4.26. The Morgan fingerprint density at radius 1 is 1.67 bits per heavy atom. The van der Waals surface area contributed by atoms with Gasteiger partial charge in [-0.1, -0.05) is 0 Å². The molecule has 0 saturated carbocycles. The van der Waals surface area contributed by atoms with Gasteiger partial charge in [-0.3, -0.25) is 4.98 Å². The lowest BCUT2D eigenvalue weighted by atomic mass is 10.1. The van der Waals surface area contributed by atoms with Crippen LogP contribution in [0.4, 0.5) is 11.4 Å². The Morgan fingerprint density at radius 2 is 2.53 bits per heavy atom. The quantitative estimate of drug-likeness (QED) is 0.775. The van der Waals surface area contributed by atoms with Gasteiger partial charge in [0.05, 0.1) is 17.6 Å². The second kappa shape index (κ2) is 4.49. The molecular formula is C11H18N4. The van der Waals surface area contributed by atoms with Gasteiger partial charge in [0.25, 0.3) is 0 Å². The zero-order chi connectivity index (χ0) is 10.7. The number of hydrogen-bond donors (Lipinski definition) is 2. The Kier molecular flexibility index (Phi) is 3.06. The molecule has 82 valence electrons. The van der Waals surface area contributed by atoms with Crippen molar-refractivity contribution in [2.45, 2.75) is 6.42 Å². The number of aromatic nitrogens is 1. The van der Waals surface area contributed by atoms with E-state index in [0.717, 1.165) is 23.8 Å². The first kappa shape index (κ1) is 10.2. The molecule has 0 radical (unpaired) electrons. The van der Waals surface area contributed by atoms with Crippen LogP contribution in [0.15, 0.2) is 18.5 Å². The van der Waals surface area contributed by atoms with Crippen molar-refractivity contribution < 1.29 is 0 Å². The molecule has 0 aromatic carbocycles. The van der Waals surface area contributed by atoms with E-state index in [1.807, 2.05) is 6.07 Å². The van der Waals surface area contributed by atoms with E-state index in [1.165, 1.54) is 19.5 Å². The van der Waals surface area contributed by atoms with Crippen LogP contribution in [0.1, 0.15) is 6.42 Å². The standard InChI is InChI=1S/C11H18N4/c1-15-5-3-9(8-15)6-14-11-2-4-13-7-10(11)12/h2,4,7,9H,3,5-6,8,12H2,1H3,(H,13,14). The molecule has 4 nitrogen and oxygen atoms in total. The molecule has 2 rings (SSSR count). The zero-order valence-electron chi connectivity index (χ0n) is 9.11. The summed E-state index contributed by atoms with van der Waals surface area (Å²) >= 11 is 0. The Hall–Kier alpha value is -1.29. The van der Waals surface area contributed by atoms with Gasteiger partial charge in [0, 0.05) is 19.3 Å². The smallest absolute Gasteiger partial charge is 0.0736 e. The average molecular weight is 206 g/mol. The van der Waals surface area contributed by atoms with E-state index >= 15 is 0 Å². The Labute approximate surface area is 90.5 Å². The number of anilines is 2. The number of nitrogen functional groups attached to an aromatic ring is 1. The third-order valence-electron chi connectivity index (χ3n) is 2.92. The van der Waals surface area contributed by atoms with Crippen LogP contribution < -0.4 is 11.1 Å². The number of nitrogens with zero attached hydrogens (tertiary/aromatic N) is 2. The molecule has 0 bridgehead atoms. The second-order valence-electron chi connectivity index (χ2n) is 4.26. The summed E-state index contributed by atoms with van der Waals surface area (Å²) in [6.45, 7) is 3.38. The number of nitrogens with two attached hydrogens (primary N) is 1. The number of likely N-dealkylation sites (tertiary alicyclic amines) is 1. The van der Waals surface area contributed by atoms with E-state index in [4.69, 9.17) is 5.73 Å². The van der Waals surface area contributed by atoms with Crippen molar-refractivity contribution in [3.8, 4) is 0 Å². The van der Waals surface area contributed by atoms with Gasteiger partial charge in [-0.15, -0.1) is 0 Å². The Balaban J connectivity index is 1.86. The maximum absolute atomic E-state index is 5.80. The molecule has 1 aromatic heterocycles. The fourth-order valence-electron chi connectivity index (χ4n) is 2.01. The SMILES string of the molecule is CN1CCC(CNc2ccncc2N)C1. The van der Waals surface area contributed by atoms with Crippen LogP contribution in [0.2, 0.25) is 0 Å². The molecule has 0 spiro atoms. The maximum atomic E-state index is 5.80. The van der Waals surface area contributed by atoms with Crippen LogP contribution in [-0.2, 0) is 0 Å². The third-order valence-corrected chi connectivity index (χ3v) is 2.92. The topological polar surface area (TPSA) is 54.2 Å². The molecule has 1 aliphatic rings. The molecule has 1 atom stereocenters. The van der Waals surface area contributed by atoms with Crippen molar-refractivity contribution in [3.63, 3.8) is 0 Å². The minimum Gasteiger partial charge on any atom is -0.396 e. The molecule has 1 aromatic rings. The summed E-state index contributed by atoms with van der Waals surface area (Å²) in [7, 11) is 2.17. The van der Waals surface area contributed by atoms with Gasteiger partial charge in [-0.2, -0.15) is 0 Å². The van der Waals surface area contributed by atoms with Gasteiger partial charge >= 0.3 is 0 Å². The van der Waals surface area contributed by atoms with E-state index in [0.29, 0.717) is 0 Å². The van der Waals surface area contributed by atoms with Crippen molar-refractivity contribution in [2.24, 2.45) is 5.92 Å². The molecular weight excluding hydrogens is 188 g/mol. The van der Waals surface area contributed by atoms with E-state index in [2.05, 4.69) is 22.2 Å². The van der Waals surface area contributed by atoms with Crippen LogP contribution in [0, 0.1) is 5.92 Å². The average Bonchev–Trinajstić information content (AvgIpc) is 2.63. The largest absolute Gasteiger partial charge is 0.396 e. The summed E-state index contributed by atoms with van der Waals surface area (Å²) < 4.78 is 0. The van der Waals surface area contributed by atoms with Crippen molar-refractivity contribution in [3.05, 3.63) is 18.5 Å². The molecule has 4 heteroatoms. The molecule has 1 saturated heterocycles. The highest BCUT2D eigenvalue weighted by Gasteiger charge is 2.18. The molecule has 1 aliphatic heterocycles. The first-order chi connectivity index (χ1) is 7.25. The van der Waals surface area contributed by atoms with E-state index < -0.39 is 0 Å². The summed E-state index contributed by atoms with van der Waals surface area (Å²) in [6, 6.07) is 1.92. The number of hydrogen-bond acceptors (Lipinski definition) is 4. The predicted molar refractivity (Wildman–Crippen MR) is 62.7 cm³/mol. The van der Waals surface area contributed by atoms with Crippen molar-refractivity contribution in [1.82, 2.24) is 9.88 Å². The minimum atomic E-state index is 0.726. The van der Waals surface area contributed by atoms with Crippen LogP contribution in [0.25, 0.3) is 0 Å². The van der Waals surface area contributed by atoms with Crippen molar-refractivity contribution in [2.75, 3.05) is 37.7 Å². The summed E-state index contributed by atoms with van der Waals surface area (Å²) in [5.41, 5.74) is 7.52. The lowest BCUT2D eigenvalue weighted by molar-refractivity contribution is 0.399. The molecule has 1 fully saturated rings. The molecule has 0 amide bonds. The molecule has 2 heterocycles. The van der Waals surface area contributed by atoms with E-state index in [9.17, 15) is 0 Å². The minimum absolute atomic E-state index is 0.726. The first-order valence-electron chi connectivity index (χ1n) is 5.37. The third kappa shape index (κ3) is 2.59. The summed E-state index contributed by atoms with van der Waals surface area (Å²) in [4.78, 5) is 6.33. The number of pyridine rings is 1.